The van der Waals surface area contributed by atoms with Crippen molar-refractivity contribution in [3.05, 3.63) is 30.1 Å². The van der Waals surface area contributed by atoms with Gasteiger partial charge in [-0.3, -0.25) is 9.89 Å². The molecule has 0 spiro atoms. The number of para-hydroxylation sites is 1. The second kappa shape index (κ2) is 14.8. The summed E-state index contributed by atoms with van der Waals surface area (Å²) in [5, 5.41) is 6.66. The molecule has 2 rings (SSSR count). The molecule has 8 heteroatoms. The van der Waals surface area contributed by atoms with Crippen LogP contribution in [0.4, 0.5) is 10.1 Å². The van der Waals surface area contributed by atoms with Crippen LogP contribution >= 0.6 is 24.0 Å². The fraction of sp³-hybridized carbons (Fsp3) is 0.650. The van der Waals surface area contributed by atoms with Crippen LogP contribution in [-0.2, 0) is 4.74 Å². The Hall–Kier alpha value is -1.13. The fourth-order valence-corrected chi connectivity index (χ4v) is 3.17. The first-order chi connectivity index (χ1) is 13.2. The second-order valence-corrected chi connectivity index (χ2v) is 6.67. The fourth-order valence-electron chi connectivity index (χ4n) is 3.17. The molecule has 1 saturated heterocycles. The molecule has 0 unspecified atom stereocenters. The smallest absolute Gasteiger partial charge is 0.191 e. The van der Waals surface area contributed by atoms with Gasteiger partial charge in [0.25, 0.3) is 0 Å². The van der Waals surface area contributed by atoms with Crippen molar-refractivity contribution in [1.29, 1.82) is 0 Å². The van der Waals surface area contributed by atoms with Crippen LogP contribution in [0.2, 0.25) is 0 Å². The highest BCUT2D eigenvalue weighted by molar-refractivity contribution is 14.0. The summed E-state index contributed by atoms with van der Waals surface area (Å²) in [6.07, 6.45) is 1.99. The zero-order valence-electron chi connectivity index (χ0n) is 17.1. The maximum Gasteiger partial charge on any atom is 0.191 e. The van der Waals surface area contributed by atoms with Gasteiger partial charge in [-0.05, 0) is 38.4 Å². The molecule has 1 aromatic rings. The molecule has 0 saturated carbocycles. The van der Waals surface area contributed by atoms with Crippen LogP contribution in [0.15, 0.2) is 29.3 Å². The molecule has 1 heterocycles. The molecule has 1 fully saturated rings. The number of hydrogen-bond acceptors (Lipinski definition) is 4. The molecule has 1 aromatic carbocycles. The number of aliphatic imine (C=N–C) groups is 1. The Kier molecular flexibility index (Phi) is 13.2. The molecular formula is C20H35FIN5O. The van der Waals surface area contributed by atoms with Crippen molar-refractivity contribution in [3.8, 4) is 0 Å². The largest absolute Gasteiger partial charge is 0.385 e. The average molecular weight is 507 g/mol. The lowest BCUT2D eigenvalue weighted by molar-refractivity contribution is 0.197. The van der Waals surface area contributed by atoms with E-state index in [1.165, 1.54) is 6.07 Å². The Balaban J connectivity index is 0.00000392. The number of benzene rings is 1. The molecule has 1 aliphatic rings. The third-order valence-corrected chi connectivity index (χ3v) is 4.63. The van der Waals surface area contributed by atoms with Gasteiger partial charge in [-0.25, -0.2) is 4.39 Å². The van der Waals surface area contributed by atoms with E-state index in [4.69, 9.17) is 4.74 Å². The standard InChI is InChI=1S/C20H34FN5O.HI/c1-3-22-20(24-11-7-17-27-2)23-10-6-12-25-13-15-26(16-14-25)19-9-5-4-8-18(19)21;/h4-5,8-9H,3,6-7,10-17H2,1-2H3,(H2,22,23,24);1H. The van der Waals surface area contributed by atoms with Crippen LogP contribution in [0.3, 0.4) is 0 Å². The highest BCUT2D eigenvalue weighted by Gasteiger charge is 2.18. The third kappa shape index (κ3) is 8.91. The highest BCUT2D eigenvalue weighted by atomic mass is 127. The van der Waals surface area contributed by atoms with Crippen molar-refractivity contribution in [2.45, 2.75) is 19.8 Å². The van der Waals surface area contributed by atoms with E-state index in [2.05, 4.69) is 32.3 Å². The Morgan fingerprint density at radius 1 is 1.14 bits per heavy atom. The van der Waals surface area contributed by atoms with E-state index in [0.29, 0.717) is 0 Å². The van der Waals surface area contributed by atoms with Crippen LogP contribution in [0.1, 0.15) is 19.8 Å². The Morgan fingerprint density at radius 2 is 1.89 bits per heavy atom. The summed E-state index contributed by atoms with van der Waals surface area (Å²) in [5.74, 6) is 0.744. The van der Waals surface area contributed by atoms with Gasteiger partial charge in [-0.15, -0.1) is 24.0 Å². The van der Waals surface area contributed by atoms with Gasteiger partial charge in [-0.1, -0.05) is 12.1 Å². The van der Waals surface area contributed by atoms with Crippen molar-refractivity contribution in [3.63, 3.8) is 0 Å². The van der Waals surface area contributed by atoms with Crippen molar-refractivity contribution >= 4 is 35.6 Å². The summed E-state index contributed by atoms with van der Waals surface area (Å²) in [7, 11) is 1.71. The number of hydrogen-bond donors (Lipinski definition) is 2. The number of ether oxygens (including phenoxy) is 1. The summed E-state index contributed by atoms with van der Waals surface area (Å²) in [4.78, 5) is 9.13. The third-order valence-electron chi connectivity index (χ3n) is 4.63. The number of anilines is 1. The molecule has 0 aliphatic carbocycles. The van der Waals surface area contributed by atoms with Gasteiger partial charge in [0, 0.05) is 59.5 Å². The lowest BCUT2D eigenvalue weighted by Gasteiger charge is -2.36. The summed E-state index contributed by atoms with van der Waals surface area (Å²) in [5.41, 5.74) is 0.721. The molecular weight excluding hydrogens is 472 g/mol. The summed E-state index contributed by atoms with van der Waals surface area (Å²) in [6, 6.07) is 7.04. The van der Waals surface area contributed by atoms with Crippen LogP contribution in [-0.4, -0.2) is 76.9 Å². The molecule has 0 aromatic heterocycles. The Morgan fingerprint density at radius 3 is 2.57 bits per heavy atom. The summed E-state index contributed by atoms with van der Waals surface area (Å²) in [6.45, 7) is 10.1. The number of halogens is 2. The monoisotopic (exact) mass is 507 g/mol. The predicted molar refractivity (Wildman–Crippen MR) is 126 cm³/mol. The van der Waals surface area contributed by atoms with Gasteiger partial charge < -0.3 is 20.3 Å². The first-order valence-electron chi connectivity index (χ1n) is 9.97. The average Bonchev–Trinajstić information content (AvgIpc) is 2.69. The van der Waals surface area contributed by atoms with E-state index in [-0.39, 0.29) is 29.8 Å². The van der Waals surface area contributed by atoms with Gasteiger partial charge in [-0.2, -0.15) is 0 Å². The van der Waals surface area contributed by atoms with Gasteiger partial charge in [0.2, 0.25) is 0 Å². The maximum atomic E-state index is 13.9. The van der Waals surface area contributed by atoms with Gasteiger partial charge in [0.1, 0.15) is 5.82 Å². The molecule has 0 atom stereocenters. The first-order valence-corrected chi connectivity index (χ1v) is 9.97. The highest BCUT2D eigenvalue weighted by Crippen LogP contribution is 2.20. The molecule has 28 heavy (non-hydrogen) atoms. The lowest BCUT2D eigenvalue weighted by Crippen LogP contribution is -2.47. The summed E-state index contributed by atoms with van der Waals surface area (Å²) < 4.78 is 19.0. The predicted octanol–water partition coefficient (Wildman–Crippen LogP) is 2.55. The van der Waals surface area contributed by atoms with E-state index in [0.717, 1.165) is 83.5 Å². The van der Waals surface area contributed by atoms with Crippen molar-refractivity contribution in [2.24, 2.45) is 4.99 Å². The zero-order valence-corrected chi connectivity index (χ0v) is 19.5. The van der Waals surface area contributed by atoms with Gasteiger partial charge in [0.05, 0.1) is 5.69 Å². The number of methoxy groups -OCH3 is 1. The van der Waals surface area contributed by atoms with E-state index < -0.39 is 0 Å². The maximum absolute atomic E-state index is 13.9. The van der Waals surface area contributed by atoms with E-state index in [1.54, 1.807) is 13.2 Å². The van der Waals surface area contributed by atoms with Crippen molar-refractivity contribution < 1.29 is 9.13 Å². The van der Waals surface area contributed by atoms with Crippen LogP contribution in [0.25, 0.3) is 0 Å². The van der Waals surface area contributed by atoms with E-state index in [1.807, 2.05) is 12.1 Å². The molecule has 1 aliphatic heterocycles. The lowest BCUT2D eigenvalue weighted by atomic mass is 10.2. The van der Waals surface area contributed by atoms with E-state index >= 15 is 0 Å². The molecule has 2 N–H and O–H groups in total. The van der Waals surface area contributed by atoms with Crippen molar-refractivity contribution in [2.75, 3.05) is 71.0 Å². The minimum atomic E-state index is -0.129. The summed E-state index contributed by atoms with van der Waals surface area (Å²) >= 11 is 0. The van der Waals surface area contributed by atoms with Crippen LogP contribution in [0.5, 0.6) is 0 Å². The van der Waals surface area contributed by atoms with Crippen molar-refractivity contribution in [1.82, 2.24) is 15.5 Å². The number of rotatable bonds is 10. The topological polar surface area (TPSA) is 52.1 Å². The number of guanidine groups is 1. The Labute approximate surface area is 185 Å². The quantitative estimate of drug-likeness (QED) is 0.221. The number of piperazine rings is 1. The molecule has 0 amide bonds. The normalized spacial score (nSPS) is 15.2. The molecule has 160 valence electrons. The SMILES string of the molecule is CCNC(=NCCCOC)NCCCN1CCN(c2ccccc2F)CC1.I. The van der Waals surface area contributed by atoms with Crippen LogP contribution in [0, 0.1) is 5.82 Å². The van der Waals surface area contributed by atoms with E-state index in [9.17, 15) is 4.39 Å². The minimum absolute atomic E-state index is 0. The van der Waals surface area contributed by atoms with Gasteiger partial charge in [0.15, 0.2) is 5.96 Å². The minimum Gasteiger partial charge on any atom is -0.385 e. The molecule has 0 radical (unpaired) electrons. The number of nitrogens with zero attached hydrogens (tertiary/aromatic N) is 3. The second-order valence-electron chi connectivity index (χ2n) is 6.67. The Bertz CT molecular complexity index is 567. The molecule has 0 bridgehead atoms. The molecule has 6 nitrogen and oxygen atoms in total. The van der Waals surface area contributed by atoms with Gasteiger partial charge >= 0.3 is 0 Å². The van der Waals surface area contributed by atoms with Crippen LogP contribution < -0.4 is 15.5 Å². The number of nitrogens with one attached hydrogen (secondary N) is 2. The first kappa shape index (κ1) is 24.9. The zero-order chi connectivity index (χ0) is 19.3.